The van der Waals surface area contributed by atoms with Crippen LogP contribution in [-0.2, 0) is 0 Å². The number of thiophene rings is 3. The maximum absolute atomic E-state index is 2.38. The second kappa shape index (κ2) is 36.7. The van der Waals surface area contributed by atoms with Crippen LogP contribution in [-0.4, -0.2) is 0 Å². The van der Waals surface area contributed by atoms with Crippen LogP contribution in [0.1, 0.15) is 0 Å². The third kappa shape index (κ3) is 15.4. The molecule has 30 rings (SSSR count). The lowest BCUT2D eigenvalue weighted by molar-refractivity contribution is 1.62. The number of benzene rings is 27. The number of hydrogen-bond donors (Lipinski definition) is 0. The molecule has 27 aromatic carbocycles. The van der Waals surface area contributed by atoms with Gasteiger partial charge in [-0.3, -0.25) is 0 Å². The lowest BCUT2D eigenvalue weighted by atomic mass is 9.85. The molecule has 0 fully saturated rings. The fourth-order valence-electron chi connectivity index (χ4n) is 23.4. The van der Waals surface area contributed by atoms with Crippen LogP contribution in [0.25, 0.3) is 291 Å². The molecule has 0 aliphatic heterocycles. The van der Waals surface area contributed by atoms with Gasteiger partial charge in [-0.15, -0.1) is 34.0 Å². The topological polar surface area (TPSA) is 0 Å². The largest absolute Gasteiger partial charge is 0.135 e. The van der Waals surface area contributed by atoms with Crippen LogP contribution < -0.4 is 0 Å². The molecule has 0 saturated heterocycles. The molecule has 0 aliphatic rings. The first-order valence-electron chi connectivity index (χ1n) is 50.5. The van der Waals surface area contributed by atoms with Gasteiger partial charge in [0.2, 0.25) is 0 Å². The highest BCUT2D eigenvalue weighted by atomic mass is 32.1. The van der Waals surface area contributed by atoms with Crippen molar-refractivity contribution in [3.63, 3.8) is 0 Å². The lowest BCUT2D eigenvalue weighted by Gasteiger charge is -2.18. The van der Waals surface area contributed by atoms with Crippen LogP contribution in [0.15, 0.2) is 546 Å². The second-order valence-electron chi connectivity index (χ2n) is 38.5. The van der Waals surface area contributed by atoms with Crippen LogP contribution in [0.2, 0.25) is 0 Å². The Bertz CT molecular complexity index is 10300. The number of hydrogen-bond acceptors (Lipinski definition) is 3. The van der Waals surface area contributed by atoms with Crippen molar-refractivity contribution < 1.29 is 0 Å². The fraction of sp³-hybridized carbons (Fsp3) is 0. The van der Waals surface area contributed by atoms with Crippen molar-refractivity contribution >= 4 is 191 Å². The maximum Gasteiger partial charge on any atom is 0.0355 e. The summed E-state index contributed by atoms with van der Waals surface area (Å²) < 4.78 is 8.02. The number of fused-ring (bicyclic) bond motifs is 18. The van der Waals surface area contributed by atoms with E-state index in [4.69, 9.17) is 0 Å². The van der Waals surface area contributed by atoms with E-state index in [1.54, 1.807) is 0 Å². The third-order valence-corrected chi connectivity index (χ3v) is 33.7. The van der Waals surface area contributed by atoms with Crippen molar-refractivity contribution in [2.24, 2.45) is 0 Å². The van der Waals surface area contributed by atoms with Gasteiger partial charge in [0.05, 0.1) is 0 Å². The summed E-state index contributed by atoms with van der Waals surface area (Å²) in [5, 5.41) is 30.9. The van der Waals surface area contributed by atoms with Gasteiger partial charge in [0.15, 0.2) is 0 Å². The predicted octanol–water partition coefficient (Wildman–Crippen LogP) is 42.5. The first-order valence-corrected chi connectivity index (χ1v) is 53.0. The van der Waals surface area contributed by atoms with Crippen molar-refractivity contribution in [3.8, 4) is 134 Å². The van der Waals surface area contributed by atoms with E-state index in [9.17, 15) is 0 Å². The molecule has 0 amide bonds. The molecule has 684 valence electrons. The van der Waals surface area contributed by atoms with Crippen LogP contribution in [0.5, 0.6) is 0 Å². The lowest BCUT2D eigenvalue weighted by Crippen LogP contribution is -1.91. The molecule has 0 nitrogen and oxygen atoms in total. The van der Waals surface area contributed by atoms with Crippen molar-refractivity contribution in [2.45, 2.75) is 0 Å². The molecule has 3 heterocycles. The summed E-state index contributed by atoms with van der Waals surface area (Å²) in [6.45, 7) is 0. The van der Waals surface area contributed by atoms with E-state index in [1.165, 1.54) is 291 Å². The SMILES string of the molecule is c1cc(-c2ccc3sc4ccccc4c3c2)cc(-c2c3ccccc3c(-c3ccc(-c4cccc5ccccc45)cc3)c3ccccc23)c1.c1cc(-c2cccc3ccccc23)cc(-c2c3ccccc3c(-c3ccc(-c4ccc5sc6ccccc6c5c4)cc3)c3ccccc23)c1.c1ccc2c(-c3ccc(-c4c5ccccc5c(-c5ccc(-c6ccc7sc8ccccc8c7c6)cc5)c5ccccc45)cc3)cccc2c1. The molecule has 0 bridgehead atoms. The van der Waals surface area contributed by atoms with Crippen molar-refractivity contribution in [3.05, 3.63) is 546 Å². The van der Waals surface area contributed by atoms with Gasteiger partial charge in [-0.25, -0.2) is 0 Å². The zero-order valence-electron chi connectivity index (χ0n) is 80.2. The Labute approximate surface area is 863 Å². The normalized spacial score (nSPS) is 11.7. The zero-order valence-corrected chi connectivity index (χ0v) is 82.6. The monoisotopic (exact) mass is 1910 g/mol. The summed E-state index contributed by atoms with van der Waals surface area (Å²) in [7, 11) is 0. The Morgan fingerprint density at radius 2 is 0.265 bits per heavy atom. The van der Waals surface area contributed by atoms with Gasteiger partial charge in [-0.1, -0.05) is 479 Å². The van der Waals surface area contributed by atoms with Crippen LogP contribution in [0, 0.1) is 0 Å². The summed E-state index contributed by atoms with van der Waals surface area (Å²) in [6.07, 6.45) is 0. The minimum absolute atomic E-state index is 1.23. The van der Waals surface area contributed by atoms with E-state index >= 15 is 0 Å². The molecule has 0 aliphatic carbocycles. The van der Waals surface area contributed by atoms with E-state index in [0.29, 0.717) is 0 Å². The highest BCUT2D eigenvalue weighted by Crippen LogP contribution is 2.52. The molecular weight excluding hydrogens is 1830 g/mol. The van der Waals surface area contributed by atoms with Gasteiger partial charge in [-0.05, 0) is 297 Å². The first-order chi connectivity index (χ1) is 72.9. The van der Waals surface area contributed by atoms with Gasteiger partial charge in [0.1, 0.15) is 0 Å². The quantitative estimate of drug-likeness (QED) is 0.107. The standard InChI is InChI=1S/3C48H30S/c1-2-15-37-32(11-1)12-10-21-38(37)35-13-9-14-36(29-35)48-42-19-5-3-17-40(42)47(41-18-4-6-20-43(41)48)33-25-23-31(24-26-33)34-27-28-46-44(30-34)39-16-7-8-22-45(39)49-46;1-2-15-37-31(11-1)12-10-21-38(37)32-23-25-33(26-24-32)47-40-17-3-5-19-42(40)48(43-20-6-4-18-41(43)47)36-14-9-13-34(29-36)35-27-28-46-44(30-35)39-16-7-8-22-45(39)49-46;1-2-12-37-32(10-1)11-9-18-38(37)33-22-26-35(27-23-33)48-42-16-5-3-14-40(42)47(41-15-4-6-17-43(41)48)34-24-20-31(21-25-34)36-28-29-46-44(30-36)39-13-7-8-19-45(39)49-46/h3*1-30H. The van der Waals surface area contributed by atoms with Crippen molar-refractivity contribution in [2.75, 3.05) is 0 Å². The Kier molecular flexibility index (Phi) is 21.7. The highest BCUT2D eigenvalue weighted by Gasteiger charge is 2.24. The Morgan fingerprint density at radius 3 is 0.558 bits per heavy atom. The molecule has 0 N–H and O–H groups in total. The summed E-state index contributed by atoms with van der Waals surface area (Å²) in [5.41, 5.74) is 30.0. The average molecular weight is 1920 g/mol. The van der Waals surface area contributed by atoms with E-state index in [2.05, 4.69) is 546 Å². The molecule has 3 aromatic heterocycles. The Morgan fingerprint density at radius 1 is 0.0884 bits per heavy atom. The van der Waals surface area contributed by atoms with Gasteiger partial charge in [0, 0.05) is 60.5 Å². The Hall–Kier alpha value is -18.1. The predicted molar refractivity (Wildman–Crippen MR) is 641 cm³/mol. The summed E-state index contributed by atoms with van der Waals surface area (Å²) in [4.78, 5) is 0. The van der Waals surface area contributed by atoms with Crippen molar-refractivity contribution in [1.82, 2.24) is 0 Å². The highest BCUT2D eigenvalue weighted by molar-refractivity contribution is 7.26. The van der Waals surface area contributed by atoms with Crippen LogP contribution in [0.3, 0.4) is 0 Å². The summed E-state index contributed by atoms with van der Waals surface area (Å²) in [5.74, 6) is 0. The number of rotatable bonds is 12. The van der Waals surface area contributed by atoms with E-state index < -0.39 is 0 Å². The molecule has 0 atom stereocenters. The minimum atomic E-state index is 1.23. The average Bonchev–Trinajstić information content (AvgIpc) is 1.54. The zero-order chi connectivity index (χ0) is 96.9. The molecule has 0 saturated carbocycles. The summed E-state index contributed by atoms with van der Waals surface area (Å²) in [6, 6.07) is 201. The van der Waals surface area contributed by atoms with Gasteiger partial charge in [-0.2, -0.15) is 0 Å². The van der Waals surface area contributed by atoms with Crippen molar-refractivity contribution in [1.29, 1.82) is 0 Å². The Balaban J connectivity index is 0.000000107. The third-order valence-electron chi connectivity index (χ3n) is 30.2. The van der Waals surface area contributed by atoms with Gasteiger partial charge < -0.3 is 0 Å². The molecule has 147 heavy (non-hydrogen) atoms. The molecule has 0 spiro atoms. The summed E-state index contributed by atoms with van der Waals surface area (Å²) >= 11 is 5.60. The minimum Gasteiger partial charge on any atom is -0.135 e. The van der Waals surface area contributed by atoms with E-state index in [-0.39, 0.29) is 0 Å². The van der Waals surface area contributed by atoms with Crippen LogP contribution in [0.4, 0.5) is 0 Å². The first kappa shape index (κ1) is 86.8. The molecule has 30 aromatic rings. The molecular formula is C144H90S3. The smallest absolute Gasteiger partial charge is 0.0355 e. The fourth-order valence-corrected chi connectivity index (χ4v) is 26.6. The molecule has 3 heteroatoms. The van der Waals surface area contributed by atoms with Crippen LogP contribution >= 0.6 is 34.0 Å². The molecule has 0 unspecified atom stereocenters. The van der Waals surface area contributed by atoms with Gasteiger partial charge >= 0.3 is 0 Å². The van der Waals surface area contributed by atoms with Gasteiger partial charge in [0.25, 0.3) is 0 Å². The maximum atomic E-state index is 2.38. The van der Waals surface area contributed by atoms with E-state index in [1.807, 2.05) is 34.0 Å². The second-order valence-corrected chi connectivity index (χ2v) is 41.8. The van der Waals surface area contributed by atoms with E-state index in [0.717, 1.165) is 0 Å². The molecule has 0 radical (unpaired) electrons.